The monoisotopic (exact) mass is 448 g/mol. The van der Waals surface area contributed by atoms with Crippen LogP contribution in [0.3, 0.4) is 0 Å². The van der Waals surface area contributed by atoms with Crippen LogP contribution in [0.15, 0.2) is 47.3 Å². The average molecular weight is 449 g/mol. The Bertz CT molecular complexity index is 1320. The minimum Gasteiger partial charge on any atom is -0.399 e. The van der Waals surface area contributed by atoms with Crippen LogP contribution in [0.25, 0.3) is 10.2 Å². The zero-order valence-corrected chi connectivity index (χ0v) is 17.9. The Hall–Kier alpha value is -3.81. The third-order valence-corrected chi connectivity index (χ3v) is 6.06. The van der Waals surface area contributed by atoms with Gasteiger partial charge in [0.25, 0.3) is 5.91 Å². The Morgan fingerprint density at radius 1 is 1.19 bits per heavy atom. The Morgan fingerprint density at radius 2 is 2.03 bits per heavy atom. The highest BCUT2D eigenvalue weighted by molar-refractivity contribution is 7.22. The SMILES string of the molecule is CC(C(=O)Nc1nc2ccc(NC(=O)c3cscn3)cc2s1)c1cc(N)cc(C#N)c1. The zero-order chi connectivity index (χ0) is 22.0. The van der Waals surface area contributed by atoms with Crippen molar-refractivity contribution in [1.29, 1.82) is 5.26 Å². The molecule has 0 aliphatic heterocycles. The summed E-state index contributed by atoms with van der Waals surface area (Å²) in [5.74, 6) is -1.06. The van der Waals surface area contributed by atoms with Gasteiger partial charge in [0.1, 0.15) is 5.69 Å². The number of benzene rings is 2. The van der Waals surface area contributed by atoms with Crippen molar-refractivity contribution in [3.8, 4) is 6.07 Å². The first-order valence-electron chi connectivity index (χ1n) is 9.14. The lowest BCUT2D eigenvalue weighted by molar-refractivity contribution is -0.117. The summed E-state index contributed by atoms with van der Waals surface area (Å²) < 4.78 is 0.815. The molecular formula is C21H16N6O2S2. The lowest BCUT2D eigenvalue weighted by Gasteiger charge is -2.12. The van der Waals surface area contributed by atoms with Crippen LogP contribution >= 0.6 is 22.7 Å². The van der Waals surface area contributed by atoms with Gasteiger partial charge in [0, 0.05) is 16.8 Å². The Labute approximate surface area is 185 Å². The molecule has 31 heavy (non-hydrogen) atoms. The van der Waals surface area contributed by atoms with Gasteiger partial charge < -0.3 is 16.4 Å². The Morgan fingerprint density at radius 3 is 2.77 bits per heavy atom. The van der Waals surface area contributed by atoms with E-state index in [2.05, 4.69) is 20.6 Å². The third-order valence-electron chi connectivity index (χ3n) is 4.54. The molecule has 10 heteroatoms. The highest BCUT2D eigenvalue weighted by Crippen LogP contribution is 2.30. The minimum absolute atomic E-state index is 0.259. The second kappa shape index (κ2) is 8.51. The molecule has 0 aliphatic rings. The summed E-state index contributed by atoms with van der Waals surface area (Å²) in [7, 11) is 0. The normalized spacial score (nSPS) is 11.6. The molecular weight excluding hydrogens is 432 g/mol. The average Bonchev–Trinajstić information content (AvgIpc) is 3.42. The first kappa shape index (κ1) is 20.5. The lowest BCUT2D eigenvalue weighted by atomic mass is 9.98. The molecule has 2 amide bonds. The van der Waals surface area contributed by atoms with Crippen molar-refractivity contribution in [3.05, 3.63) is 64.1 Å². The number of nitrogen functional groups attached to an aromatic ring is 1. The van der Waals surface area contributed by atoms with Gasteiger partial charge in [-0.15, -0.1) is 11.3 Å². The number of nitrogens with zero attached hydrogens (tertiary/aromatic N) is 3. The minimum atomic E-state index is -0.518. The van der Waals surface area contributed by atoms with E-state index < -0.39 is 5.92 Å². The van der Waals surface area contributed by atoms with Gasteiger partial charge in [-0.25, -0.2) is 9.97 Å². The molecule has 0 saturated heterocycles. The number of nitriles is 1. The standard InChI is InChI=1S/C21H16N6O2S2/c1-11(13-4-12(8-22)5-14(23)6-13)19(28)27-21-26-16-3-2-15(7-18(16)31-21)25-20(29)17-9-30-10-24-17/h2-7,9-11H,23H2,1H3,(H,25,29)(H,26,27,28). The van der Waals surface area contributed by atoms with Crippen LogP contribution in [0.5, 0.6) is 0 Å². The second-order valence-electron chi connectivity index (χ2n) is 6.74. The largest absolute Gasteiger partial charge is 0.399 e. The van der Waals surface area contributed by atoms with Crippen LogP contribution in [0.2, 0.25) is 0 Å². The summed E-state index contributed by atoms with van der Waals surface area (Å²) >= 11 is 2.65. The number of amides is 2. The molecule has 0 saturated carbocycles. The molecule has 1 atom stereocenters. The molecule has 0 aliphatic carbocycles. The number of thiazole rings is 2. The molecule has 154 valence electrons. The molecule has 2 aromatic carbocycles. The smallest absolute Gasteiger partial charge is 0.275 e. The maximum Gasteiger partial charge on any atom is 0.275 e. The van der Waals surface area contributed by atoms with E-state index in [1.807, 2.05) is 6.07 Å². The Balaban J connectivity index is 1.49. The van der Waals surface area contributed by atoms with Crippen molar-refractivity contribution in [2.24, 2.45) is 0 Å². The van der Waals surface area contributed by atoms with Crippen LogP contribution in [-0.4, -0.2) is 21.8 Å². The summed E-state index contributed by atoms with van der Waals surface area (Å²) in [6.45, 7) is 1.74. The number of nitrogens with one attached hydrogen (secondary N) is 2. The van der Waals surface area contributed by atoms with Gasteiger partial charge in [0.05, 0.1) is 33.3 Å². The van der Waals surface area contributed by atoms with E-state index in [0.717, 1.165) is 4.70 Å². The number of hydrogen-bond acceptors (Lipinski definition) is 8. The van der Waals surface area contributed by atoms with Crippen LogP contribution in [0, 0.1) is 11.3 Å². The molecule has 4 N–H and O–H groups in total. The summed E-state index contributed by atoms with van der Waals surface area (Å²) in [6, 6.07) is 12.3. The van der Waals surface area contributed by atoms with Crippen molar-refractivity contribution in [2.75, 3.05) is 16.4 Å². The van der Waals surface area contributed by atoms with Crippen molar-refractivity contribution < 1.29 is 9.59 Å². The molecule has 0 radical (unpaired) electrons. The van der Waals surface area contributed by atoms with E-state index in [1.165, 1.54) is 22.7 Å². The van der Waals surface area contributed by atoms with Crippen molar-refractivity contribution in [3.63, 3.8) is 0 Å². The highest BCUT2D eigenvalue weighted by atomic mass is 32.1. The van der Waals surface area contributed by atoms with E-state index in [0.29, 0.717) is 38.8 Å². The predicted molar refractivity (Wildman–Crippen MR) is 122 cm³/mol. The number of fused-ring (bicyclic) bond motifs is 1. The number of carbonyl (C=O) groups excluding carboxylic acids is 2. The van der Waals surface area contributed by atoms with E-state index in [1.54, 1.807) is 54.2 Å². The van der Waals surface area contributed by atoms with Crippen molar-refractivity contribution in [1.82, 2.24) is 9.97 Å². The summed E-state index contributed by atoms with van der Waals surface area (Å²) in [4.78, 5) is 33.3. The first-order valence-corrected chi connectivity index (χ1v) is 10.9. The van der Waals surface area contributed by atoms with E-state index in [4.69, 9.17) is 11.0 Å². The molecule has 2 aromatic heterocycles. The van der Waals surface area contributed by atoms with E-state index in [9.17, 15) is 9.59 Å². The van der Waals surface area contributed by atoms with Crippen molar-refractivity contribution in [2.45, 2.75) is 12.8 Å². The zero-order valence-electron chi connectivity index (χ0n) is 16.2. The van der Waals surface area contributed by atoms with Gasteiger partial charge in [0.15, 0.2) is 5.13 Å². The number of hydrogen-bond donors (Lipinski definition) is 3. The number of aromatic nitrogens is 2. The fraction of sp³-hybridized carbons (Fsp3) is 0.0952. The van der Waals surface area contributed by atoms with E-state index in [-0.39, 0.29) is 11.8 Å². The summed E-state index contributed by atoms with van der Waals surface area (Å²) in [5.41, 5.74) is 10.6. The third kappa shape index (κ3) is 4.53. The topological polar surface area (TPSA) is 134 Å². The van der Waals surface area contributed by atoms with Crippen LogP contribution in [0.1, 0.15) is 34.5 Å². The van der Waals surface area contributed by atoms with E-state index >= 15 is 0 Å². The summed E-state index contributed by atoms with van der Waals surface area (Å²) in [5, 5.41) is 16.8. The van der Waals surface area contributed by atoms with Gasteiger partial charge in [-0.2, -0.15) is 5.26 Å². The van der Waals surface area contributed by atoms with Crippen LogP contribution in [0.4, 0.5) is 16.5 Å². The molecule has 0 bridgehead atoms. The maximum absolute atomic E-state index is 12.7. The molecule has 4 aromatic rings. The maximum atomic E-state index is 12.7. The molecule has 2 heterocycles. The van der Waals surface area contributed by atoms with Crippen LogP contribution < -0.4 is 16.4 Å². The quantitative estimate of drug-likeness (QED) is 0.392. The van der Waals surface area contributed by atoms with Gasteiger partial charge in [-0.05, 0) is 48.9 Å². The van der Waals surface area contributed by atoms with Gasteiger partial charge >= 0.3 is 0 Å². The fourth-order valence-corrected chi connectivity index (χ4v) is 4.37. The molecule has 4 rings (SSSR count). The predicted octanol–water partition coefficient (Wildman–Crippen LogP) is 4.20. The molecule has 1 unspecified atom stereocenters. The number of rotatable bonds is 5. The molecule has 0 fully saturated rings. The van der Waals surface area contributed by atoms with Crippen molar-refractivity contribution >= 4 is 61.2 Å². The lowest BCUT2D eigenvalue weighted by Crippen LogP contribution is -2.19. The second-order valence-corrected chi connectivity index (χ2v) is 8.49. The number of nitrogens with two attached hydrogens (primary N) is 1. The first-order chi connectivity index (χ1) is 14.9. The van der Waals surface area contributed by atoms with Gasteiger partial charge in [-0.1, -0.05) is 11.3 Å². The molecule has 0 spiro atoms. The molecule has 8 nitrogen and oxygen atoms in total. The van der Waals surface area contributed by atoms with Gasteiger partial charge in [-0.3, -0.25) is 9.59 Å². The number of anilines is 3. The van der Waals surface area contributed by atoms with Gasteiger partial charge in [0.2, 0.25) is 5.91 Å². The van der Waals surface area contributed by atoms with Crippen LogP contribution in [-0.2, 0) is 4.79 Å². The highest BCUT2D eigenvalue weighted by Gasteiger charge is 2.18. The summed E-state index contributed by atoms with van der Waals surface area (Å²) in [6.07, 6.45) is 0. The number of carbonyl (C=O) groups is 2. The Kier molecular flexibility index (Phi) is 5.62. The fourth-order valence-electron chi connectivity index (χ4n) is 2.93.